The number of nitrogens with zero attached hydrogens (tertiary/aromatic N) is 3. The van der Waals surface area contributed by atoms with Crippen LogP contribution in [0.4, 0.5) is 0 Å². The first-order valence-electron chi connectivity index (χ1n) is 4.20. The van der Waals surface area contributed by atoms with Crippen LogP contribution in [0.1, 0.15) is 5.89 Å². The Hall–Kier alpha value is -1.42. The summed E-state index contributed by atoms with van der Waals surface area (Å²) in [5.41, 5.74) is 0.681. The van der Waals surface area contributed by atoms with Crippen LogP contribution in [-0.4, -0.2) is 21.1 Å². The van der Waals surface area contributed by atoms with E-state index in [-0.39, 0.29) is 0 Å². The molecule has 0 atom stereocenters. The maximum atomic E-state index is 5.55. The zero-order valence-corrected chi connectivity index (χ0v) is 8.11. The molecule has 5 heteroatoms. The smallest absolute Gasteiger partial charge is 0.266 e. The molecule has 0 amide bonds. The molecule has 14 heavy (non-hydrogen) atoms. The van der Waals surface area contributed by atoms with Crippen LogP contribution in [0.2, 0.25) is 0 Å². The van der Waals surface area contributed by atoms with Gasteiger partial charge < -0.3 is 4.42 Å². The molecule has 0 aliphatic rings. The summed E-state index contributed by atoms with van der Waals surface area (Å²) >= 11 is 5.55. The molecule has 2 rings (SSSR count). The van der Waals surface area contributed by atoms with Gasteiger partial charge in [-0.2, -0.15) is 0 Å². The average molecular weight is 210 g/mol. The molecule has 0 bridgehead atoms. The Morgan fingerprint density at radius 1 is 1.29 bits per heavy atom. The highest BCUT2D eigenvalue weighted by atomic mass is 35.5. The second kappa shape index (κ2) is 4.19. The molecule has 2 aromatic rings. The van der Waals surface area contributed by atoms with Gasteiger partial charge in [0.05, 0.1) is 0 Å². The van der Waals surface area contributed by atoms with Gasteiger partial charge in [-0.05, 0) is 12.1 Å². The van der Waals surface area contributed by atoms with Crippen molar-refractivity contribution in [1.82, 2.24) is 15.2 Å². The first kappa shape index (κ1) is 9.15. The first-order chi connectivity index (χ1) is 6.90. The van der Waals surface area contributed by atoms with Gasteiger partial charge in [0.15, 0.2) is 0 Å². The van der Waals surface area contributed by atoms with Crippen LogP contribution in [0.3, 0.4) is 0 Å². The predicted octanol–water partition coefficient (Wildman–Crippen LogP) is 1.91. The molecule has 0 aromatic carbocycles. The number of pyridine rings is 1. The van der Waals surface area contributed by atoms with Gasteiger partial charge in [0, 0.05) is 18.5 Å². The minimum Gasteiger partial charge on any atom is -0.419 e. The highest BCUT2D eigenvalue weighted by molar-refractivity contribution is 6.17. The topological polar surface area (TPSA) is 51.8 Å². The third-order valence-electron chi connectivity index (χ3n) is 1.66. The summed E-state index contributed by atoms with van der Waals surface area (Å²) in [6.45, 7) is 0. The Morgan fingerprint density at radius 3 is 2.93 bits per heavy atom. The Balaban J connectivity index is 2.25. The number of hydrogen-bond acceptors (Lipinski definition) is 4. The van der Waals surface area contributed by atoms with Gasteiger partial charge in [0.2, 0.25) is 5.89 Å². The van der Waals surface area contributed by atoms with Gasteiger partial charge in [-0.15, -0.1) is 21.8 Å². The van der Waals surface area contributed by atoms with Crippen molar-refractivity contribution >= 4 is 11.6 Å². The summed E-state index contributed by atoms with van der Waals surface area (Å²) in [5.74, 6) is 1.45. The van der Waals surface area contributed by atoms with Gasteiger partial charge in [0.25, 0.3) is 5.89 Å². The van der Waals surface area contributed by atoms with Crippen molar-refractivity contribution in [3.05, 3.63) is 30.3 Å². The van der Waals surface area contributed by atoms with Crippen molar-refractivity contribution in [3.63, 3.8) is 0 Å². The number of aromatic nitrogens is 3. The van der Waals surface area contributed by atoms with Crippen molar-refractivity contribution in [1.29, 1.82) is 0 Å². The van der Waals surface area contributed by atoms with E-state index in [1.165, 1.54) is 0 Å². The third-order valence-corrected chi connectivity index (χ3v) is 1.85. The third kappa shape index (κ3) is 1.90. The Morgan fingerprint density at radius 2 is 2.21 bits per heavy atom. The van der Waals surface area contributed by atoms with E-state index < -0.39 is 0 Å². The molecule has 0 saturated heterocycles. The quantitative estimate of drug-likeness (QED) is 0.725. The second-order valence-electron chi connectivity index (χ2n) is 2.65. The maximum absolute atomic E-state index is 5.55. The number of alkyl halides is 1. The lowest BCUT2D eigenvalue weighted by atomic mass is 10.3. The van der Waals surface area contributed by atoms with E-state index in [9.17, 15) is 0 Å². The van der Waals surface area contributed by atoms with Gasteiger partial charge in [-0.25, -0.2) is 0 Å². The van der Waals surface area contributed by atoms with Crippen LogP contribution in [0, 0.1) is 0 Å². The van der Waals surface area contributed by atoms with Crippen molar-refractivity contribution in [2.45, 2.75) is 6.42 Å². The van der Waals surface area contributed by atoms with E-state index in [0.717, 1.165) is 0 Å². The number of hydrogen-bond donors (Lipinski definition) is 0. The van der Waals surface area contributed by atoms with Crippen LogP contribution in [0.15, 0.2) is 28.8 Å². The summed E-state index contributed by atoms with van der Waals surface area (Å²) in [7, 11) is 0. The Labute approximate surface area is 85.9 Å². The highest BCUT2D eigenvalue weighted by Gasteiger charge is 2.07. The number of halogens is 1. The summed E-state index contributed by atoms with van der Waals surface area (Å²) < 4.78 is 5.34. The van der Waals surface area contributed by atoms with E-state index in [4.69, 9.17) is 16.0 Å². The monoisotopic (exact) mass is 209 g/mol. The zero-order chi connectivity index (χ0) is 9.80. The molecule has 0 spiro atoms. The van der Waals surface area contributed by atoms with Crippen molar-refractivity contribution in [2.24, 2.45) is 0 Å². The predicted molar refractivity (Wildman–Crippen MR) is 52.0 cm³/mol. The molecule has 0 saturated carbocycles. The lowest BCUT2D eigenvalue weighted by molar-refractivity contribution is 0.512. The zero-order valence-electron chi connectivity index (χ0n) is 7.35. The van der Waals surface area contributed by atoms with Crippen LogP contribution >= 0.6 is 11.6 Å². The Kier molecular flexibility index (Phi) is 2.74. The molecule has 0 N–H and O–H groups in total. The van der Waals surface area contributed by atoms with Crippen molar-refractivity contribution in [2.75, 3.05) is 5.88 Å². The van der Waals surface area contributed by atoms with E-state index in [1.807, 2.05) is 18.2 Å². The number of aryl methyl sites for hydroxylation is 1. The van der Waals surface area contributed by atoms with Crippen molar-refractivity contribution in [3.8, 4) is 11.6 Å². The summed E-state index contributed by atoms with van der Waals surface area (Å²) in [6.07, 6.45) is 2.27. The normalized spacial score (nSPS) is 10.4. The summed E-state index contributed by atoms with van der Waals surface area (Å²) in [5, 5.41) is 7.71. The molecule has 2 heterocycles. The van der Waals surface area contributed by atoms with Crippen LogP contribution in [0.5, 0.6) is 0 Å². The molecule has 4 nitrogen and oxygen atoms in total. The highest BCUT2D eigenvalue weighted by Crippen LogP contribution is 2.14. The fraction of sp³-hybridized carbons (Fsp3) is 0.222. The van der Waals surface area contributed by atoms with Crippen LogP contribution < -0.4 is 0 Å². The molecule has 72 valence electrons. The summed E-state index contributed by atoms with van der Waals surface area (Å²) in [6, 6.07) is 5.52. The largest absolute Gasteiger partial charge is 0.419 e. The van der Waals surface area contributed by atoms with Crippen molar-refractivity contribution < 1.29 is 4.42 Å². The average Bonchev–Trinajstić information content (AvgIpc) is 2.68. The Bertz CT molecular complexity index is 401. The maximum Gasteiger partial charge on any atom is 0.266 e. The lowest BCUT2D eigenvalue weighted by Crippen LogP contribution is -1.84. The van der Waals surface area contributed by atoms with Crippen LogP contribution in [0.25, 0.3) is 11.6 Å². The first-order valence-corrected chi connectivity index (χ1v) is 4.73. The van der Waals surface area contributed by atoms with E-state index in [0.29, 0.717) is 29.8 Å². The lowest BCUT2D eigenvalue weighted by Gasteiger charge is -1.90. The fourth-order valence-electron chi connectivity index (χ4n) is 1.03. The molecule has 2 aromatic heterocycles. The second-order valence-corrected chi connectivity index (χ2v) is 3.03. The van der Waals surface area contributed by atoms with E-state index in [1.54, 1.807) is 6.20 Å². The molecule has 0 fully saturated rings. The van der Waals surface area contributed by atoms with E-state index in [2.05, 4.69) is 15.2 Å². The molecule has 0 aliphatic carbocycles. The molecular weight excluding hydrogens is 202 g/mol. The minimum absolute atomic E-state index is 0.436. The molecule has 0 radical (unpaired) electrons. The standard InChI is InChI=1S/C9H8ClN3O/c10-5-4-8-12-13-9(14-8)7-3-1-2-6-11-7/h1-3,6H,4-5H2. The molecular formula is C9H8ClN3O. The van der Waals surface area contributed by atoms with Crippen LogP contribution in [-0.2, 0) is 6.42 Å². The van der Waals surface area contributed by atoms with Gasteiger partial charge in [-0.1, -0.05) is 6.07 Å². The summed E-state index contributed by atoms with van der Waals surface area (Å²) in [4.78, 5) is 4.09. The SMILES string of the molecule is ClCCc1nnc(-c2ccccn2)o1. The number of rotatable bonds is 3. The molecule has 0 unspecified atom stereocenters. The van der Waals surface area contributed by atoms with Gasteiger partial charge in [0.1, 0.15) is 5.69 Å². The fourth-order valence-corrected chi connectivity index (χ4v) is 1.19. The van der Waals surface area contributed by atoms with Gasteiger partial charge >= 0.3 is 0 Å². The molecule has 0 aliphatic heterocycles. The minimum atomic E-state index is 0.436. The van der Waals surface area contributed by atoms with E-state index >= 15 is 0 Å². The van der Waals surface area contributed by atoms with Gasteiger partial charge in [-0.3, -0.25) is 4.98 Å².